The predicted octanol–water partition coefficient (Wildman–Crippen LogP) is 4.05. The molecule has 7 heteroatoms. The Morgan fingerprint density at radius 3 is 2.21 bits per heavy atom. The summed E-state index contributed by atoms with van der Waals surface area (Å²) in [5.41, 5.74) is 3.69. The van der Waals surface area contributed by atoms with Crippen LogP contribution >= 0.6 is 11.3 Å². The van der Waals surface area contributed by atoms with E-state index in [9.17, 15) is 0 Å². The van der Waals surface area contributed by atoms with Crippen LogP contribution in [0.5, 0.6) is 17.2 Å². The lowest BCUT2D eigenvalue weighted by atomic mass is 10.1. The smallest absolute Gasteiger partial charge is 0.205 e. The van der Waals surface area contributed by atoms with Gasteiger partial charge in [-0.05, 0) is 43.3 Å². The number of benzene rings is 2. The fraction of sp³-hybridized carbons (Fsp3) is 0.238. The van der Waals surface area contributed by atoms with Crippen LogP contribution in [0.15, 0.2) is 57.9 Å². The van der Waals surface area contributed by atoms with Crippen LogP contribution in [0.2, 0.25) is 0 Å². The Labute approximate surface area is 168 Å². The summed E-state index contributed by atoms with van der Waals surface area (Å²) in [5.74, 6) is 2.26. The van der Waals surface area contributed by atoms with Gasteiger partial charge in [-0.3, -0.25) is 4.99 Å². The van der Waals surface area contributed by atoms with Gasteiger partial charge in [0.15, 0.2) is 0 Å². The number of nitrogens with zero attached hydrogens (tertiary/aromatic N) is 3. The average molecular weight is 398 g/mol. The van der Waals surface area contributed by atoms with E-state index in [1.54, 1.807) is 39.7 Å². The van der Waals surface area contributed by atoms with Gasteiger partial charge in [0.1, 0.15) is 17.2 Å². The fourth-order valence-electron chi connectivity index (χ4n) is 2.81. The zero-order chi connectivity index (χ0) is 20.1. The van der Waals surface area contributed by atoms with Gasteiger partial charge in [-0.15, -0.1) is 11.3 Å². The van der Waals surface area contributed by atoms with E-state index in [1.165, 1.54) is 0 Å². The lowest BCUT2D eigenvalue weighted by molar-refractivity contribution is 0.394. The molecule has 0 radical (unpaired) electrons. The summed E-state index contributed by atoms with van der Waals surface area (Å²) in [6, 6.07) is 13.6. The summed E-state index contributed by atoms with van der Waals surface area (Å²) in [4.78, 5) is 5.17. The van der Waals surface area contributed by atoms with Crippen molar-refractivity contribution in [2.24, 2.45) is 10.1 Å². The maximum Gasteiger partial charge on any atom is 0.205 e. The quantitative estimate of drug-likeness (QED) is 0.590. The van der Waals surface area contributed by atoms with Crippen LogP contribution in [-0.4, -0.2) is 38.8 Å². The van der Waals surface area contributed by atoms with E-state index >= 15 is 0 Å². The van der Waals surface area contributed by atoms with Crippen LogP contribution in [0.1, 0.15) is 12.5 Å². The van der Waals surface area contributed by atoms with Gasteiger partial charge in [-0.25, -0.2) is 4.68 Å². The number of methoxy groups -OCH3 is 3. The first kappa shape index (κ1) is 19.7. The maximum atomic E-state index is 5.52. The molecule has 0 aliphatic heterocycles. The van der Waals surface area contributed by atoms with Crippen molar-refractivity contribution in [2.45, 2.75) is 6.92 Å². The summed E-state index contributed by atoms with van der Waals surface area (Å²) in [6.07, 6.45) is 0. The standard InChI is InChI=1S/C21H23N3O3S/c1-14(18-11-10-17(26-4)12-20(18)27-5)23-24-19(13-28-21(24)22-2)15-6-8-16(25-3)9-7-15/h6-13H,1-5H3. The van der Waals surface area contributed by atoms with Crippen LogP contribution in [0, 0.1) is 0 Å². The molecule has 146 valence electrons. The number of rotatable bonds is 6. The molecule has 28 heavy (non-hydrogen) atoms. The van der Waals surface area contributed by atoms with Crippen LogP contribution in [0.4, 0.5) is 0 Å². The minimum absolute atomic E-state index is 0.706. The summed E-state index contributed by atoms with van der Waals surface area (Å²) < 4.78 is 17.9. The number of aromatic nitrogens is 1. The molecule has 1 heterocycles. The highest BCUT2D eigenvalue weighted by atomic mass is 32.1. The zero-order valence-electron chi connectivity index (χ0n) is 16.6. The van der Waals surface area contributed by atoms with Gasteiger partial charge >= 0.3 is 0 Å². The van der Waals surface area contributed by atoms with Crippen LogP contribution in [0.3, 0.4) is 0 Å². The highest BCUT2D eigenvalue weighted by Gasteiger charge is 2.12. The molecular formula is C21H23N3O3S. The van der Waals surface area contributed by atoms with Gasteiger partial charge in [0, 0.05) is 29.6 Å². The molecule has 0 bridgehead atoms. The molecular weight excluding hydrogens is 374 g/mol. The molecule has 0 saturated heterocycles. The first-order chi connectivity index (χ1) is 13.6. The third-order valence-corrected chi connectivity index (χ3v) is 5.22. The van der Waals surface area contributed by atoms with Gasteiger partial charge in [0.25, 0.3) is 0 Å². The van der Waals surface area contributed by atoms with Crippen molar-refractivity contribution in [1.29, 1.82) is 0 Å². The number of hydrogen-bond donors (Lipinski definition) is 0. The number of thiazole rings is 1. The van der Waals surface area contributed by atoms with E-state index < -0.39 is 0 Å². The molecule has 2 aromatic carbocycles. The summed E-state index contributed by atoms with van der Waals surface area (Å²) >= 11 is 1.54. The topological polar surface area (TPSA) is 57.3 Å². The van der Waals surface area contributed by atoms with E-state index in [2.05, 4.69) is 4.99 Å². The Balaban J connectivity index is 2.09. The van der Waals surface area contributed by atoms with Gasteiger partial charge in [-0.1, -0.05) is 0 Å². The highest BCUT2D eigenvalue weighted by Crippen LogP contribution is 2.26. The third kappa shape index (κ3) is 3.94. The second kappa shape index (κ2) is 8.75. The minimum Gasteiger partial charge on any atom is -0.497 e. The first-order valence-electron chi connectivity index (χ1n) is 8.67. The molecule has 3 rings (SSSR count). The molecule has 0 unspecified atom stereocenters. The highest BCUT2D eigenvalue weighted by molar-refractivity contribution is 7.07. The van der Waals surface area contributed by atoms with Crippen molar-refractivity contribution in [3.63, 3.8) is 0 Å². The van der Waals surface area contributed by atoms with Crippen molar-refractivity contribution in [3.8, 4) is 28.5 Å². The minimum atomic E-state index is 0.706. The lowest BCUT2D eigenvalue weighted by Gasteiger charge is -2.11. The monoisotopic (exact) mass is 397 g/mol. The maximum absolute atomic E-state index is 5.52. The van der Waals surface area contributed by atoms with E-state index in [-0.39, 0.29) is 0 Å². The third-order valence-electron chi connectivity index (χ3n) is 4.31. The predicted molar refractivity (Wildman–Crippen MR) is 113 cm³/mol. The Morgan fingerprint density at radius 2 is 1.61 bits per heavy atom. The Kier molecular flexibility index (Phi) is 6.16. The first-order valence-corrected chi connectivity index (χ1v) is 9.55. The van der Waals surface area contributed by atoms with Crippen molar-refractivity contribution in [3.05, 3.63) is 58.2 Å². The number of hydrogen-bond acceptors (Lipinski definition) is 6. The Morgan fingerprint density at radius 1 is 0.929 bits per heavy atom. The van der Waals surface area contributed by atoms with Crippen molar-refractivity contribution < 1.29 is 14.2 Å². The molecule has 0 atom stereocenters. The van der Waals surface area contributed by atoms with E-state index in [0.29, 0.717) is 5.75 Å². The molecule has 0 spiro atoms. The molecule has 1 aromatic heterocycles. The van der Waals surface area contributed by atoms with Crippen molar-refractivity contribution in [1.82, 2.24) is 4.68 Å². The van der Waals surface area contributed by atoms with E-state index in [0.717, 1.165) is 38.8 Å². The van der Waals surface area contributed by atoms with Gasteiger partial charge in [0.2, 0.25) is 4.80 Å². The molecule has 6 nitrogen and oxygen atoms in total. The lowest BCUT2D eigenvalue weighted by Crippen LogP contribution is -2.14. The molecule has 0 amide bonds. The summed E-state index contributed by atoms with van der Waals surface area (Å²) in [7, 11) is 6.69. The second-order valence-electron chi connectivity index (χ2n) is 5.92. The summed E-state index contributed by atoms with van der Waals surface area (Å²) in [6.45, 7) is 1.95. The van der Waals surface area contributed by atoms with Crippen LogP contribution in [0.25, 0.3) is 11.3 Å². The van der Waals surface area contributed by atoms with Gasteiger partial charge in [-0.2, -0.15) is 5.10 Å². The van der Waals surface area contributed by atoms with E-state index in [1.807, 2.05) is 59.4 Å². The molecule has 0 fully saturated rings. The van der Waals surface area contributed by atoms with Crippen LogP contribution in [-0.2, 0) is 0 Å². The second-order valence-corrected chi connectivity index (χ2v) is 6.76. The van der Waals surface area contributed by atoms with Gasteiger partial charge in [0.05, 0.1) is 32.7 Å². The Hall–Kier alpha value is -3.06. The Bertz CT molecular complexity index is 1050. The van der Waals surface area contributed by atoms with Crippen molar-refractivity contribution in [2.75, 3.05) is 28.4 Å². The van der Waals surface area contributed by atoms with Crippen molar-refractivity contribution >= 4 is 17.0 Å². The normalized spacial score (nSPS) is 12.2. The largest absolute Gasteiger partial charge is 0.497 e. The van der Waals surface area contributed by atoms with E-state index in [4.69, 9.17) is 19.3 Å². The molecule has 0 aliphatic carbocycles. The SMILES string of the molecule is CN=c1scc(-c2ccc(OC)cc2)n1N=C(C)c1ccc(OC)cc1OC. The van der Waals surface area contributed by atoms with Gasteiger partial charge < -0.3 is 14.2 Å². The average Bonchev–Trinajstić information content (AvgIpc) is 3.15. The fourth-order valence-corrected chi connectivity index (χ4v) is 3.61. The zero-order valence-corrected chi connectivity index (χ0v) is 17.4. The number of ether oxygens (including phenoxy) is 3. The molecule has 0 N–H and O–H groups in total. The van der Waals surface area contributed by atoms with Crippen LogP contribution < -0.4 is 19.0 Å². The molecule has 0 aliphatic rings. The molecule has 0 saturated carbocycles. The molecule has 3 aromatic rings. The summed E-state index contributed by atoms with van der Waals surface area (Å²) in [5, 5.41) is 6.89.